The summed E-state index contributed by atoms with van der Waals surface area (Å²) in [7, 11) is 0. The first-order valence-corrected chi connectivity index (χ1v) is 7.26. The number of rotatable bonds is 4. The van der Waals surface area contributed by atoms with E-state index in [1.54, 1.807) is 4.90 Å². The van der Waals surface area contributed by atoms with Gasteiger partial charge in [0.05, 0.1) is 0 Å². The molecule has 0 radical (unpaired) electrons. The van der Waals surface area contributed by atoms with Crippen LogP contribution in [0, 0.1) is 11.8 Å². The highest BCUT2D eigenvalue weighted by Gasteiger charge is 2.34. The van der Waals surface area contributed by atoms with Crippen molar-refractivity contribution in [2.24, 2.45) is 11.8 Å². The molecular formula is C15H27NO3. The molecule has 19 heavy (non-hydrogen) atoms. The Bertz CT molecular complexity index is 333. The van der Waals surface area contributed by atoms with Crippen LogP contribution in [0.2, 0.25) is 0 Å². The van der Waals surface area contributed by atoms with Gasteiger partial charge in [-0.05, 0) is 33.6 Å². The number of carbonyl (C=O) groups excluding carboxylic acids is 2. The third-order valence-corrected chi connectivity index (χ3v) is 3.45. The minimum Gasteiger partial charge on any atom is -0.444 e. The predicted octanol–water partition coefficient (Wildman–Crippen LogP) is 3.25. The van der Waals surface area contributed by atoms with Gasteiger partial charge in [0, 0.05) is 24.9 Å². The second-order valence-electron chi connectivity index (χ2n) is 6.50. The second-order valence-corrected chi connectivity index (χ2v) is 6.50. The van der Waals surface area contributed by atoms with Crippen molar-refractivity contribution in [3.8, 4) is 0 Å². The molecule has 4 nitrogen and oxygen atoms in total. The Morgan fingerprint density at radius 2 is 2.00 bits per heavy atom. The topological polar surface area (TPSA) is 46.6 Å². The van der Waals surface area contributed by atoms with Gasteiger partial charge in [0.15, 0.2) is 0 Å². The van der Waals surface area contributed by atoms with Gasteiger partial charge in [0.25, 0.3) is 0 Å². The van der Waals surface area contributed by atoms with E-state index < -0.39 is 5.60 Å². The van der Waals surface area contributed by atoms with E-state index in [1.165, 1.54) is 0 Å². The normalized spacial score (nSPS) is 21.3. The lowest BCUT2D eigenvalue weighted by atomic mass is 9.90. The standard InChI is InChI=1S/C15H27NO3/c1-6-7-11(2)13(17)12-8-9-16(10-12)14(18)19-15(3,4)5/h11-12H,6-10H2,1-5H3. The molecule has 2 unspecified atom stereocenters. The lowest BCUT2D eigenvalue weighted by Gasteiger charge is -2.24. The molecule has 0 aromatic carbocycles. The summed E-state index contributed by atoms with van der Waals surface area (Å²) in [5.41, 5.74) is -0.477. The molecule has 0 aliphatic carbocycles. The van der Waals surface area contributed by atoms with Crippen molar-refractivity contribution in [3.05, 3.63) is 0 Å². The summed E-state index contributed by atoms with van der Waals surface area (Å²) in [5, 5.41) is 0. The van der Waals surface area contributed by atoms with E-state index in [0.717, 1.165) is 19.3 Å². The average molecular weight is 269 g/mol. The molecule has 1 aliphatic rings. The van der Waals surface area contributed by atoms with Crippen LogP contribution >= 0.6 is 0 Å². The van der Waals surface area contributed by atoms with Crippen molar-refractivity contribution < 1.29 is 14.3 Å². The zero-order valence-electron chi connectivity index (χ0n) is 12.9. The number of hydrogen-bond acceptors (Lipinski definition) is 3. The van der Waals surface area contributed by atoms with Crippen LogP contribution in [0.5, 0.6) is 0 Å². The van der Waals surface area contributed by atoms with Crippen LogP contribution in [-0.2, 0) is 9.53 Å². The number of ether oxygens (including phenoxy) is 1. The lowest BCUT2D eigenvalue weighted by Crippen LogP contribution is -2.36. The number of nitrogens with zero attached hydrogens (tertiary/aromatic N) is 1. The molecule has 2 atom stereocenters. The van der Waals surface area contributed by atoms with Crippen LogP contribution in [-0.4, -0.2) is 35.5 Å². The first kappa shape index (κ1) is 16.0. The average Bonchev–Trinajstić information content (AvgIpc) is 2.75. The second kappa shape index (κ2) is 6.40. The molecule has 0 bridgehead atoms. The third-order valence-electron chi connectivity index (χ3n) is 3.45. The third kappa shape index (κ3) is 4.84. The summed E-state index contributed by atoms with van der Waals surface area (Å²) >= 11 is 0. The zero-order valence-corrected chi connectivity index (χ0v) is 12.9. The van der Waals surface area contributed by atoms with Crippen molar-refractivity contribution in [1.82, 2.24) is 4.90 Å². The van der Waals surface area contributed by atoms with Gasteiger partial charge in [-0.1, -0.05) is 20.3 Å². The van der Waals surface area contributed by atoms with Gasteiger partial charge in [-0.3, -0.25) is 4.79 Å². The Morgan fingerprint density at radius 1 is 1.37 bits per heavy atom. The van der Waals surface area contributed by atoms with E-state index in [1.807, 2.05) is 27.7 Å². The molecule has 1 saturated heterocycles. The molecular weight excluding hydrogens is 242 g/mol. The van der Waals surface area contributed by atoms with E-state index in [0.29, 0.717) is 18.9 Å². The first-order valence-electron chi connectivity index (χ1n) is 7.26. The molecule has 1 aliphatic heterocycles. The van der Waals surface area contributed by atoms with Gasteiger partial charge in [-0.2, -0.15) is 0 Å². The summed E-state index contributed by atoms with van der Waals surface area (Å²) in [6.07, 6.45) is 2.43. The van der Waals surface area contributed by atoms with Crippen LogP contribution < -0.4 is 0 Å². The molecule has 0 N–H and O–H groups in total. The fraction of sp³-hybridized carbons (Fsp3) is 0.867. The lowest BCUT2D eigenvalue weighted by molar-refractivity contribution is -0.126. The van der Waals surface area contributed by atoms with Crippen molar-refractivity contribution >= 4 is 11.9 Å². The van der Waals surface area contributed by atoms with Gasteiger partial charge in [-0.25, -0.2) is 4.79 Å². The Morgan fingerprint density at radius 3 is 2.53 bits per heavy atom. The largest absolute Gasteiger partial charge is 0.444 e. The first-order chi connectivity index (χ1) is 8.74. The van der Waals surface area contributed by atoms with Crippen molar-refractivity contribution in [3.63, 3.8) is 0 Å². The summed E-state index contributed by atoms with van der Waals surface area (Å²) in [6.45, 7) is 10.8. The number of likely N-dealkylation sites (tertiary alicyclic amines) is 1. The maximum absolute atomic E-state index is 12.2. The zero-order chi connectivity index (χ0) is 14.6. The van der Waals surface area contributed by atoms with Gasteiger partial charge >= 0.3 is 6.09 Å². The number of amides is 1. The van der Waals surface area contributed by atoms with E-state index in [2.05, 4.69) is 6.92 Å². The number of carbonyl (C=O) groups is 2. The Kier molecular flexibility index (Phi) is 5.39. The number of Topliss-reactive ketones (excluding diaryl/α,β-unsaturated/α-hetero) is 1. The summed E-state index contributed by atoms with van der Waals surface area (Å²) in [5.74, 6) is 0.399. The molecule has 1 fully saturated rings. The highest BCUT2D eigenvalue weighted by Crippen LogP contribution is 2.24. The Balaban J connectivity index is 2.49. The predicted molar refractivity (Wildman–Crippen MR) is 75.0 cm³/mol. The summed E-state index contributed by atoms with van der Waals surface area (Å²) in [4.78, 5) is 25.8. The smallest absolute Gasteiger partial charge is 0.410 e. The van der Waals surface area contributed by atoms with E-state index in [4.69, 9.17) is 4.74 Å². The molecule has 1 heterocycles. The van der Waals surface area contributed by atoms with Gasteiger partial charge < -0.3 is 9.64 Å². The van der Waals surface area contributed by atoms with Crippen LogP contribution in [0.3, 0.4) is 0 Å². The molecule has 1 amide bonds. The van der Waals surface area contributed by atoms with Gasteiger partial charge in [0.1, 0.15) is 11.4 Å². The van der Waals surface area contributed by atoms with E-state index >= 15 is 0 Å². The maximum Gasteiger partial charge on any atom is 0.410 e. The minimum atomic E-state index is -0.477. The molecule has 0 aromatic heterocycles. The monoisotopic (exact) mass is 269 g/mol. The molecule has 0 spiro atoms. The number of hydrogen-bond donors (Lipinski definition) is 0. The van der Waals surface area contributed by atoms with Crippen LogP contribution in [0.25, 0.3) is 0 Å². The van der Waals surface area contributed by atoms with Crippen LogP contribution in [0.1, 0.15) is 53.9 Å². The maximum atomic E-state index is 12.2. The minimum absolute atomic E-state index is 0.00549. The van der Waals surface area contributed by atoms with Crippen molar-refractivity contribution in [1.29, 1.82) is 0 Å². The Labute approximate surface area is 116 Å². The van der Waals surface area contributed by atoms with Crippen molar-refractivity contribution in [2.45, 2.75) is 59.5 Å². The SMILES string of the molecule is CCCC(C)C(=O)C1CCN(C(=O)OC(C)(C)C)C1. The Hall–Kier alpha value is -1.06. The molecule has 110 valence electrons. The summed E-state index contributed by atoms with van der Waals surface area (Å²) in [6, 6.07) is 0. The summed E-state index contributed by atoms with van der Waals surface area (Å²) < 4.78 is 5.33. The molecule has 1 rings (SSSR count). The fourth-order valence-electron chi connectivity index (χ4n) is 2.46. The number of ketones is 1. The van der Waals surface area contributed by atoms with Gasteiger partial charge in [-0.15, -0.1) is 0 Å². The molecule has 4 heteroatoms. The van der Waals surface area contributed by atoms with Crippen LogP contribution in [0.4, 0.5) is 4.79 Å². The molecule has 0 saturated carbocycles. The fourth-order valence-corrected chi connectivity index (χ4v) is 2.46. The molecule has 0 aromatic rings. The van der Waals surface area contributed by atoms with Gasteiger partial charge in [0.2, 0.25) is 0 Å². The van der Waals surface area contributed by atoms with E-state index in [9.17, 15) is 9.59 Å². The van der Waals surface area contributed by atoms with Crippen LogP contribution in [0.15, 0.2) is 0 Å². The van der Waals surface area contributed by atoms with Crippen molar-refractivity contribution in [2.75, 3.05) is 13.1 Å². The quantitative estimate of drug-likeness (QED) is 0.787. The highest BCUT2D eigenvalue weighted by molar-refractivity contribution is 5.84. The van der Waals surface area contributed by atoms with E-state index in [-0.39, 0.29) is 17.9 Å². The highest BCUT2D eigenvalue weighted by atomic mass is 16.6.